The van der Waals surface area contributed by atoms with E-state index in [4.69, 9.17) is 4.74 Å². The number of hydrogen-bond donors (Lipinski definition) is 2. The van der Waals surface area contributed by atoms with Gasteiger partial charge in [-0.25, -0.2) is 4.79 Å². The first-order chi connectivity index (χ1) is 10.8. The largest absolute Gasteiger partial charge is 0.444 e. The maximum Gasteiger partial charge on any atom is 0.407 e. The Balaban J connectivity index is 1.94. The SMILES string of the molecule is CC(NC1CCCC1NC(=O)OC(C)(C)C)c1ccccc1Br. The molecule has 3 unspecified atom stereocenters. The fraction of sp³-hybridized carbons (Fsp3) is 0.611. The summed E-state index contributed by atoms with van der Waals surface area (Å²) in [5.41, 5.74) is 0.767. The van der Waals surface area contributed by atoms with Crippen LogP contribution >= 0.6 is 15.9 Å². The molecule has 2 rings (SSSR count). The van der Waals surface area contributed by atoms with Crippen LogP contribution in [0.15, 0.2) is 28.7 Å². The minimum Gasteiger partial charge on any atom is -0.444 e. The Hall–Kier alpha value is -1.07. The lowest BCUT2D eigenvalue weighted by atomic mass is 10.1. The number of hydrogen-bond acceptors (Lipinski definition) is 3. The van der Waals surface area contributed by atoms with Gasteiger partial charge in [0, 0.05) is 22.6 Å². The Labute approximate surface area is 147 Å². The zero-order valence-electron chi connectivity index (χ0n) is 14.4. The van der Waals surface area contributed by atoms with Gasteiger partial charge in [-0.15, -0.1) is 0 Å². The van der Waals surface area contributed by atoms with Crippen LogP contribution in [0.3, 0.4) is 0 Å². The summed E-state index contributed by atoms with van der Waals surface area (Å²) in [6, 6.07) is 8.84. The van der Waals surface area contributed by atoms with Crippen molar-refractivity contribution in [1.29, 1.82) is 0 Å². The van der Waals surface area contributed by atoms with E-state index in [1.165, 1.54) is 5.56 Å². The molecule has 2 N–H and O–H groups in total. The standard InChI is InChI=1S/C18H27BrN2O2/c1-12(13-8-5-6-9-14(13)19)20-15-10-7-11-16(15)21-17(22)23-18(2,3)4/h5-6,8-9,12,15-16,20H,7,10-11H2,1-4H3,(H,21,22). The van der Waals surface area contributed by atoms with E-state index in [1.54, 1.807) is 0 Å². The minimum atomic E-state index is -0.464. The number of benzene rings is 1. The molecule has 0 bridgehead atoms. The van der Waals surface area contributed by atoms with Crippen LogP contribution in [0, 0.1) is 0 Å². The molecule has 1 aromatic carbocycles. The van der Waals surface area contributed by atoms with E-state index >= 15 is 0 Å². The van der Waals surface area contributed by atoms with Crippen molar-refractivity contribution in [2.24, 2.45) is 0 Å². The predicted octanol–water partition coefficient (Wildman–Crippen LogP) is 4.55. The van der Waals surface area contributed by atoms with Crippen LogP contribution in [0.4, 0.5) is 4.79 Å². The normalized spacial score (nSPS) is 22.7. The van der Waals surface area contributed by atoms with Gasteiger partial charge in [-0.2, -0.15) is 0 Å². The second-order valence-corrected chi connectivity index (χ2v) is 8.05. The molecule has 0 heterocycles. The molecule has 4 nitrogen and oxygen atoms in total. The molecular formula is C18H27BrN2O2. The predicted molar refractivity (Wildman–Crippen MR) is 96.5 cm³/mol. The van der Waals surface area contributed by atoms with E-state index in [9.17, 15) is 4.79 Å². The minimum absolute atomic E-state index is 0.120. The van der Waals surface area contributed by atoms with E-state index in [-0.39, 0.29) is 24.2 Å². The summed E-state index contributed by atoms with van der Waals surface area (Å²) in [6.45, 7) is 7.80. The van der Waals surface area contributed by atoms with Gasteiger partial charge in [0.05, 0.1) is 0 Å². The molecule has 1 saturated carbocycles. The first-order valence-corrected chi connectivity index (χ1v) is 9.05. The van der Waals surface area contributed by atoms with Gasteiger partial charge in [-0.1, -0.05) is 34.1 Å². The van der Waals surface area contributed by atoms with Crippen LogP contribution in [-0.2, 0) is 4.74 Å². The number of amides is 1. The molecule has 3 atom stereocenters. The van der Waals surface area contributed by atoms with Gasteiger partial charge in [0.2, 0.25) is 0 Å². The molecule has 5 heteroatoms. The molecule has 0 aliphatic heterocycles. The number of ether oxygens (including phenoxy) is 1. The molecule has 1 amide bonds. The van der Waals surface area contributed by atoms with Crippen LogP contribution in [0.25, 0.3) is 0 Å². The number of halogens is 1. The number of alkyl carbamates (subject to hydrolysis) is 1. The van der Waals surface area contributed by atoms with Crippen molar-refractivity contribution >= 4 is 22.0 Å². The maximum absolute atomic E-state index is 12.0. The zero-order valence-corrected chi connectivity index (χ0v) is 15.9. The van der Waals surface area contributed by atoms with Crippen molar-refractivity contribution < 1.29 is 9.53 Å². The van der Waals surface area contributed by atoms with Gasteiger partial charge in [-0.05, 0) is 58.6 Å². The van der Waals surface area contributed by atoms with Crippen LogP contribution in [0.2, 0.25) is 0 Å². The Bertz CT molecular complexity index is 542. The topological polar surface area (TPSA) is 50.4 Å². The molecule has 1 fully saturated rings. The van der Waals surface area contributed by atoms with Crippen molar-refractivity contribution in [3.63, 3.8) is 0 Å². The highest BCUT2D eigenvalue weighted by Crippen LogP contribution is 2.27. The summed E-state index contributed by atoms with van der Waals surface area (Å²) in [5, 5.41) is 6.68. The second-order valence-electron chi connectivity index (χ2n) is 7.20. The lowest BCUT2D eigenvalue weighted by Gasteiger charge is -2.28. The average molecular weight is 383 g/mol. The van der Waals surface area contributed by atoms with Crippen molar-refractivity contribution in [3.8, 4) is 0 Å². The van der Waals surface area contributed by atoms with Gasteiger partial charge >= 0.3 is 6.09 Å². The highest BCUT2D eigenvalue weighted by molar-refractivity contribution is 9.10. The number of nitrogens with one attached hydrogen (secondary N) is 2. The second kappa shape index (κ2) is 7.67. The number of rotatable bonds is 4. The Kier molecular flexibility index (Phi) is 6.09. The van der Waals surface area contributed by atoms with E-state index in [0.717, 1.165) is 23.7 Å². The van der Waals surface area contributed by atoms with Crippen molar-refractivity contribution in [3.05, 3.63) is 34.3 Å². The summed E-state index contributed by atoms with van der Waals surface area (Å²) in [6.07, 6.45) is 2.83. The quantitative estimate of drug-likeness (QED) is 0.802. The van der Waals surface area contributed by atoms with Gasteiger partial charge in [0.25, 0.3) is 0 Å². The highest BCUT2D eigenvalue weighted by atomic mass is 79.9. The van der Waals surface area contributed by atoms with E-state index < -0.39 is 5.60 Å². The molecule has 0 radical (unpaired) electrons. The number of carbonyl (C=O) groups excluding carboxylic acids is 1. The third-order valence-corrected chi connectivity index (χ3v) is 4.78. The molecule has 1 aromatic rings. The molecule has 128 valence electrons. The van der Waals surface area contributed by atoms with Gasteiger partial charge in [0.15, 0.2) is 0 Å². The molecule has 1 aliphatic carbocycles. The van der Waals surface area contributed by atoms with Crippen molar-refractivity contribution in [2.75, 3.05) is 0 Å². The van der Waals surface area contributed by atoms with E-state index in [2.05, 4.69) is 45.6 Å². The van der Waals surface area contributed by atoms with E-state index in [0.29, 0.717) is 0 Å². The Morgan fingerprint density at radius 1 is 1.26 bits per heavy atom. The molecule has 0 saturated heterocycles. The first kappa shape index (κ1) is 18.3. The molecule has 0 aromatic heterocycles. The van der Waals surface area contributed by atoms with Crippen LogP contribution in [-0.4, -0.2) is 23.8 Å². The molecule has 23 heavy (non-hydrogen) atoms. The fourth-order valence-electron chi connectivity index (χ4n) is 3.03. The highest BCUT2D eigenvalue weighted by Gasteiger charge is 2.31. The monoisotopic (exact) mass is 382 g/mol. The maximum atomic E-state index is 12.0. The summed E-state index contributed by atoms with van der Waals surface area (Å²) in [4.78, 5) is 12.0. The van der Waals surface area contributed by atoms with Crippen LogP contribution in [0.5, 0.6) is 0 Å². The van der Waals surface area contributed by atoms with Gasteiger partial charge < -0.3 is 15.4 Å². The lowest BCUT2D eigenvalue weighted by Crippen LogP contribution is -2.48. The summed E-state index contributed by atoms with van der Waals surface area (Å²) < 4.78 is 6.48. The first-order valence-electron chi connectivity index (χ1n) is 8.26. The third kappa shape index (κ3) is 5.50. The number of carbonyl (C=O) groups is 1. The van der Waals surface area contributed by atoms with Crippen molar-refractivity contribution in [2.45, 2.75) is 70.7 Å². The molecule has 1 aliphatic rings. The summed E-state index contributed by atoms with van der Waals surface area (Å²) in [7, 11) is 0. The van der Waals surface area contributed by atoms with Crippen LogP contribution < -0.4 is 10.6 Å². The lowest BCUT2D eigenvalue weighted by molar-refractivity contribution is 0.0497. The average Bonchev–Trinajstić information content (AvgIpc) is 2.84. The summed E-state index contributed by atoms with van der Waals surface area (Å²) >= 11 is 3.60. The fourth-order valence-corrected chi connectivity index (χ4v) is 3.66. The summed E-state index contributed by atoms with van der Waals surface area (Å²) in [5.74, 6) is 0. The molecule has 0 spiro atoms. The van der Waals surface area contributed by atoms with E-state index in [1.807, 2.05) is 32.9 Å². The molecular weight excluding hydrogens is 356 g/mol. The smallest absolute Gasteiger partial charge is 0.407 e. The van der Waals surface area contributed by atoms with Gasteiger partial charge in [0.1, 0.15) is 5.60 Å². The van der Waals surface area contributed by atoms with Crippen LogP contribution in [0.1, 0.15) is 58.6 Å². The Morgan fingerprint density at radius 3 is 2.57 bits per heavy atom. The third-order valence-electron chi connectivity index (χ3n) is 4.05. The zero-order chi connectivity index (χ0) is 17.0. The Morgan fingerprint density at radius 2 is 1.91 bits per heavy atom. The van der Waals surface area contributed by atoms with Gasteiger partial charge in [-0.3, -0.25) is 0 Å². The van der Waals surface area contributed by atoms with Crippen molar-refractivity contribution in [1.82, 2.24) is 10.6 Å².